The number of imide groups is 1. The van der Waals surface area contributed by atoms with Crippen molar-refractivity contribution >= 4 is 46.5 Å². The van der Waals surface area contributed by atoms with Crippen molar-refractivity contribution in [3.05, 3.63) is 70.1 Å². The number of aryl methyl sites for hydroxylation is 1. The van der Waals surface area contributed by atoms with Crippen LogP contribution >= 0.6 is 11.8 Å². The normalized spacial score (nSPS) is 19.0. The Bertz CT molecular complexity index is 1140. The van der Waals surface area contributed by atoms with E-state index >= 15 is 0 Å². The zero-order valence-electron chi connectivity index (χ0n) is 18.7. The first-order chi connectivity index (χ1) is 16.4. The van der Waals surface area contributed by atoms with E-state index in [1.165, 1.54) is 0 Å². The number of amides is 4. The number of hydrogen-bond donors (Lipinski definition) is 2. The third kappa shape index (κ3) is 5.73. The maximum Gasteiger partial charge on any atom is 0.293 e. The van der Waals surface area contributed by atoms with Gasteiger partial charge in [0, 0.05) is 30.9 Å². The van der Waals surface area contributed by atoms with Gasteiger partial charge in [0.25, 0.3) is 23.0 Å². The Hall–Kier alpha value is -3.43. The molecule has 4 amide bonds. The van der Waals surface area contributed by atoms with Gasteiger partial charge in [0.15, 0.2) is 0 Å². The number of carbonyl (C=O) groups excluding carboxylic acids is 4. The number of nitrogens with one attached hydrogen (secondary N) is 2. The Morgan fingerprint density at radius 1 is 1.18 bits per heavy atom. The van der Waals surface area contributed by atoms with E-state index in [0.29, 0.717) is 29.2 Å². The molecule has 0 bridgehead atoms. The zero-order valence-corrected chi connectivity index (χ0v) is 19.5. The van der Waals surface area contributed by atoms with Gasteiger partial charge >= 0.3 is 0 Å². The Balaban J connectivity index is 1.30. The summed E-state index contributed by atoms with van der Waals surface area (Å²) in [5.41, 5.74) is 2.81. The molecule has 0 spiro atoms. The van der Waals surface area contributed by atoms with Gasteiger partial charge in [-0.1, -0.05) is 35.9 Å². The third-order valence-corrected chi connectivity index (χ3v) is 6.39. The van der Waals surface area contributed by atoms with Crippen LogP contribution < -0.4 is 10.6 Å². The molecular formula is C25H25N3O5S. The van der Waals surface area contributed by atoms with E-state index in [4.69, 9.17) is 4.74 Å². The van der Waals surface area contributed by atoms with E-state index in [2.05, 4.69) is 10.6 Å². The molecule has 0 aromatic heterocycles. The number of nitrogens with zero attached hydrogens (tertiary/aromatic N) is 1. The van der Waals surface area contributed by atoms with E-state index in [0.717, 1.165) is 34.2 Å². The molecule has 2 heterocycles. The van der Waals surface area contributed by atoms with Crippen LogP contribution in [0.1, 0.15) is 34.3 Å². The molecule has 1 unspecified atom stereocenters. The molecule has 0 radical (unpaired) electrons. The molecule has 2 aliphatic heterocycles. The van der Waals surface area contributed by atoms with Gasteiger partial charge in [-0.2, -0.15) is 0 Å². The Morgan fingerprint density at radius 2 is 1.97 bits per heavy atom. The molecule has 0 saturated carbocycles. The second-order valence-electron chi connectivity index (χ2n) is 8.07. The van der Waals surface area contributed by atoms with E-state index in [9.17, 15) is 19.2 Å². The summed E-state index contributed by atoms with van der Waals surface area (Å²) in [6.45, 7) is 2.73. The van der Waals surface area contributed by atoms with E-state index < -0.39 is 6.10 Å². The van der Waals surface area contributed by atoms with Crippen LogP contribution in [0.3, 0.4) is 0 Å². The second-order valence-corrected chi connectivity index (χ2v) is 9.06. The maximum absolute atomic E-state index is 12.6. The minimum Gasteiger partial charge on any atom is -0.368 e. The van der Waals surface area contributed by atoms with Crippen LogP contribution in [-0.4, -0.2) is 53.7 Å². The number of rotatable bonds is 7. The summed E-state index contributed by atoms with van der Waals surface area (Å²) in [6.07, 6.45) is 2.76. The van der Waals surface area contributed by atoms with Crippen molar-refractivity contribution in [1.29, 1.82) is 0 Å². The quantitative estimate of drug-likeness (QED) is 0.588. The summed E-state index contributed by atoms with van der Waals surface area (Å²) >= 11 is 0.889. The highest BCUT2D eigenvalue weighted by Crippen LogP contribution is 2.31. The molecule has 2 aliphatic rings. The number of benzene rings is 2. The van der Waals surface area contributed by atoms with Gasteiger partial charge in [-0.25, -0.2) is 0 Å². The summed E-state index contributed by atoms with van der Waals surface area (Å²) in [7, 11) is 0. The van der Waals surface area contributed by atoms with E-state index in [1.807, 2.05) is 31.2 Å². The number of carbonyl (C=O) groups is 4. The van der Waals surface area contributed by atoms with Crippen molar-refractivity contribution in [1.82, 2.24) is 10.2 Å². The monoisotopic (exact) mass is 479 g/mol. The lowest BCUT2D eigenvalue weighted by atomic mass is 10.1. The van der Waals surface area contributed by atoms with Crippen molar-refractivity contribution in [3.63, 3.8) is 0 Å². The highest BCUT2D eigenvalue weighted by molar-refractivity contribution is 8.18. The predicted octanol–water partition coefficient (Wildman–Crippen LogP) is 3.58. The fraction of sp³-hybridized carbons (Fsp3) is 0.280. The largest absolute Gasteiger partial charge is 0.368 e. The lowest BCUT2D eigenvalue weighted by molar-refractivity contribution is -0.124. The van der Waals surface area contributed by atoms with Gasteiger partial charge in [0.05, 0.1) is 4.91 Å². The molecular weight excluding hydrogens is 454 g/mol. The topological polar surface area (TPSA) is 105 Å². The number of hydrogen-bond acceptors (Lipinski definition) is 6. The predicted molar refractivity (Wildman–Crippen MR) is 130 cm³/mol. The first-order valence-corrected chi connectivity index (χ1v) is 11.8. The molecule has 4 rings (SSSR count). The fourth-order valence-electron chi connectivity index (χ4n) is 3.64. The van der Waals surface area contributed by atoms with Crippen LogP contribution in [-0.2, 0) is 14.3 Å². The Kier molecular flexibility index (Phi) is 7.44. The lowest BCUT2D eigenvalue weighted by Gasteiger charge is -2.14. The van der Waals surface area contributed by atoms with Gasteiger partial charge in [0.2, 0.25) is 0 Å². The van der Waals surface area contributed by atoms with Crippen LogP contribution in [0.15, 0.2) is 53.4 Å². The van der Waals surface area contributed by atoms with Crippen molar-refractivity contribution in [3.8, 4) is 0 Å². The minimum atomic E-state index is -0.462. The zero-order chi connectivity index (χ0) is 24.1. The van der Waals surface area contributed by atoms with Crippen LogP contribution in [0, 0.1) is 6.92 Å². The highest BCUT2D eigenvalue weighted by Gasteiger charge is 2.34. The Labute approximate surface area is 201 Å². The molecule has 2 aromatic carbocycles. The lowest BCUT2D eigenvalue weighted by Crippen LogP contribution is -2.37. The fourth-order valence-corrected chi connectivity index (χ4v) is 4.50. The summed E-state index contributed by atoms with van der Waals surface area (Å²) in [5, 5.41) is 5.13. The van der Waals surface area contributed by atoms with Crippen molar-refractivity contribution in [2.24, 2.45) is 0 Å². The molecule has 9 heteroatoms. The molecule has 2 N–H and O–H groups in total. The van der Waals surface area contributed by atoms with E-state index in [1.54, 1.807) is 30.3 Å². The molecule has 176 valence electrons. The molecule has 2 aromatic rings. The van der Waals surface area contributed by atoms with Crippen molar-refractivity contribution < 1.29 is 23.9 Å². The van der Waals surface area contributed by atoms with Gasteiger partial charge < -0.3 is 15.4 Å². The SMILES string of the molecule is Cc1ccc(/C=C2\SC(=O)N(CCNC(=O)c3cccc(NC(=O)C4CCCO4)c3)C2=O)cc1. The summed E-state index contributed by atoms with van der Waals surface area (Å²) < 4.78 is 5.37. The first-order valence-electron chi connectivity index (χ1n) is 11.0. The third-order valence-electron chi connectivity index (χ3n) is 5.48. The Morgan fingerprint density at radius 3 is 2.71 bits per heavy atom. The van der Waals surface area contributed by atoms with Gasteiger partial charge in [-0.15, -0.1) is 0 Å². The van der Waals surface area contributed by atoms with Crippen LogP contribution in [0.5, 0.6) is 0 Å². The van der Waals surface area contributed by atoms with Crippen LogP contribution in [0.25, 0.3) is 6.08 Å². The summed E-state index contributed by atoms with van der Waals surface area (Å²) in [6, 6.07) is 14.2. The number of anilines is 1. The highest BCUT2D eigenvalue weighted by atomic mass is 32.2. The van der Waals surface area contributed by atoms with Crippen molar-refractivity contribution in [2.45, 2.75) is 25.9 Å². The van der Waals surface area contributed by atoms with Crippen molar-refractivity contribution in [2.75, 3.05) is 25.0 Å². The van der Waals surface area contributed by atoms with E-state index in [-0.39, 0.29) is 36.1 Å². The number of ether oxygens (including phenoxy) is 1. The minimum absolute atomic E-state index is 0.0666. The van der Waals surface area contributed by atoms with Gasteiger partial charge in [-0.05, 0) is 61.4 Å². The van der Waals surface area contributed by atoms with Crippen LogP contribution in [0.2, 0.25) is 0 Å². The second kappa shape index (κ2) is 10.7. The molecule has 34 heavy (non-hydrogen) atoms. The molecule has 2 fully saturated rings. The molecule has 0 aliphatic carbocycles. The standard InChI is InChI=1S/C25H25N3O5S/c1-16-7-9-17(10-8-16)14-21-24(31)28(25(32)34-21)12-11-26-22(29)18-4-2-5-19(15-18)27-23(30)20-6-3-13-33-20/h2,4-5,7-10,14-15,20H,3,6,11-13H2,1H3,(H,26,29)(H,27,30)/b21-14-. The van der Waals surface area contributed by atoms with Crippen LogP contribution in [0.4, 0.5) is 10.5 Å². The smallest absolute Gasteiger partial charge is 0.293 e. The number of thioether (sulfide) groups is 1. The summed E-state index contributed by atoms with van der Waals surface area (Å²) in [5.74, 6) is -0.966. The summed E-state index contributed by atoms with van der Waals surface area (Å²) in [4.78, 5) is 51.2. The van der Waals surface area contributed by atoms with Gasteiger partial charge in [-0.3, -0.25) is 24.1 Å². The molecule has 1 atom stereocenters. The van der Waals surface area contributed by atoms with Gasteiger partial charge in [0.1, 0.15) is 6.10 Å². The molecule has 8 nitrogen and oxygen atoms in total. The molecule has 2 saturated heterocycles. The average Bonchev–Trinajstić information content (AvgIpc) is 3.45. The first kappa shape index (κ1) is 23.7. The average molecular weight is 480 g/mol. The maximum atomic E-state index is 12.6.